The van der Waals surface area contributed by atoms with Crippen LogP contribution in [0.5, 0.6) is 0 Å². The van der Waals surface area contributed by atoms with E-state index in [0.29, 0.717) is 6.54 Å². The van der Waals surface area contributed by atoms with Crippen LogP contribution in [0, 0.1) is 5.41 Å². The number of carbonyl (C=O) groups excluding carboxylic acids is 1. The molecule has 0 heterocycles. The highest BCUT2D eigenvalue weighted by Gasteiger charge is 2.29. The third-order valence-corrected chi connectivity index (χ3v) is 2.35. The van der Waals surface area contributed by atoms with Crippen molar-refractivity contribution in [3.63, 3.8) is 0 Å². The number of aliphatic carboxylic acids is 1. The molecular formula is C10H20N2O3. The van der Waals surface area contributed by atoms with Gasteiger partial charge in [-0.3, -0.25) is 9.59 Å². The van der Waals surface area contributed by atoms with E-state index in [-0.39, 0.29) is 25.4 Å². The lowest BCUT2D eigenvalue weighted by molar-refractivity contribution is -0.142. The molecule has 0 rings (SSSR count). The summed E-state index contributed by atoms with van der Waals surface area (Å²) in [7, 11) is 0. The zero-order valence-electron chi connectivity index (χ0n) is 9.62. The van der Waals surface area contributed by atoms with Crippen LogP contribution < -0.4 is 5.73 Å². The van der Waals surface area contributed by atoms with Crippen molar-refractivity contribution in [1.82, 2.24) is 4.90 Å². The van der Waals surface area contributed by atoms with Crippen molar-refractivity contribution in [2.75, 3.05) is 19.6 Å². The average molecular weight is 216 g/mol. The van der Waals surface area contributed by atoms with Crippen LogP contribution in [0.25, 0.3) is 0 Å². The van der Waals surface area contributed by atoms with E-state index in [1.807, 2.05) is 6.92 Å². The Morgan fingerprint density at radius 3 is 2.27 bits per heavy atom. The Morgan fingerprint density at radius 2 is 1.93 bits per heavy atom. The number of hydrogen-bond acceptors (Lipinski definition) is 3. The fourth-order valence-electron chi connectivity index (χ4n) is 1.15. The van der Waals surface area contributed by atoms with E-state index in [4.69, 9.17) is 10.8 Å². The molecule has 0 aromatic carbocycles. The largest absolute Gasteiger partial charge is 0.481 e. The topological polar surface area (TPSA) is 83.6 Å². The average Bonchev–Trinajstić information content (AvgIpc) is 2.18. The molecule has 0 unspecified atom stereocenters. The molecule has 1 amide bonds. The number of nitrogens with zero attached hydrogens (tertiary/aromatic N) is 1. The molecule has 15 heavy (non-hydrogen) atoms. The third kappa shape index (κ3) is 4.29. The summed E-state index contributed by atoms with van der Waals surface area (Å²) < 4.78 is 0. The second-order valence-electron chi connectivity index (χ2n) is 4.12. The zero-order chi connectivity index (χ0) is 12.1. The molecule has 0 saturated heterocycles. The Bertz CT molecular complexity index is 239. The summed E-state index contributed by atoms with van der Waals surface area (Å²) in [5.41, 5.74) is 4.88. The summed E-state index contributed by atoms with van der Waals surface area (Å²) in [6.45, 7) is 6.36. The Hall–Kier alpha value is -1.10. The normalized spacial score (nSPS) is 11.2. The Labute approximate surface area is 90.2 Å². The molecule has 0 atom stereocenters. The second-order valence-corrected chi connectivity index (χ2v) is 4.12. The maximum atomic E-state index is 11.9. The van der Waals surface area contributed by atoms with Gasteiger partial charge in [0.1, 0.15) is 0 Å². The maximum Gasteiger partial charge on any atom is 0.305 e. The van der Waals surface area contributed by atoms with E-state index >= 15 is 0 Å². The van der Waals surface area contributed by atoms with Gasteiger partial charge in [-0.25, -0.2) is 0 Å². The van der Waals surface area contributed by atoms with Crippen LogP contribution in [0.4, 0.5) is 0 Å². The molecular weight excluding hydrogens is 196 g/mol. The van der Waals surface area contributed by atoms with Gasteiger partial charge in [-0.1, -0.05) is 0 Å². The van der Waals surface area contributed by atoms with E-state index in [9.17, 15) is 9.59 Å². The van der Waals surface area contributed by atoms with Crippen molar-refractivity contribution in [3.8, 4) is 0 Å². The van der Waals surface area contributed by atoms with Crippen LogP contribution in [0.15, 0.2) is 0 Å². The molecule has 0 bridgehead atoms. The monoisotopic (exact) mass is 216 g/mol. The van der Waals surface area contributed by atoms with Gasteiger partial charge in [-0.15, -0.1) is 0 Å². The van der Waals surface area contributed by atoms with Crippen molar-refractivity contribution >= 4 is 11.9 Å². The highest BCUT2D eigenvalue weighted by Crippen LogP contribution is 2.16. The molecule has 0 spiro atoms. The first kappa shape index (κ1) is 13.9. The third-order valence-electron chi connectivity index (χ3n) is 2.35. The van der Waals surface area contributed by atoms with Crippen molar-refractivity contribution < 1.29 is 14.7 Å². The molecule has 0 aromatic heterocycles. The fraction of sp³-hybridized carbons (Fsp3) is 0.800. The molecule has 5 nitrogen and oxygen atoms in total. The fourth-order valence-corrected chi connectivity index (χ4v) is 1.15. The number of rotatable bonds is 6. The van der Waals surface area contributed by atoms with Gasteiger partial charge in [-0.05, 0) is 20.8 Å². The van der Waals surface area contributed by atoms with Gasteiger partial charge in [0.2, 0.25) is 5.91 Å². The van der Waals surface area contributed by atoms with Crippen LogP contribution in [0.1, 0.15) is 27.2 Å². The highest BCUT2D eigenvalue weighted by atomic mass is 16.4. The first-order chi connectivity index (χ1) is 6.85. The predicted octanol–water partition coefficient (Wildman–Crippen LogP) is 0.295. The summed E-state index contributed by atoms with van der Waals surface area (Å²) in [6, 6.07) is 0. The molecule has 0 aromatic rings. The second kappa shape index (κ2) is 5.70. The predicted molar refractivity (Wildman–Crippen MR) is 57.3 cm³/mol. The summed E-state index contributed by atoms with van der Waals surface area (Å²) in [6.07, 6.45) is -0.0275. The summed E-state index contributed by atoms with van der Waals surface area (Å²) in [4.78, 5) is 23.8. The number of carbonyl (C=O) groups is 2. The number of nitrogens with two attached hydrogens (primary N) is 1. The summed E-state index contributed by atoms with van der Waals surface area (Å²) in [5.74, 6) is -0.986. The van der Waals surface area contributed by atoms with Crippen molar-refractivity contribution in [2.24, 2.45) is 11.1 Å². The maximum absolute atomic E-state index is 11.9. The van der Waals surface area contributed by atoms with Gasteiger partial charge in [0, 0.05) is 19.6 Å². The lowest BCUT2D eigenvalue weighted by Crippen LogP contribution is -2.45. The van der Waals surface area contributed by atoms with Gasteiger partial charge < -0.3 is 15.7 Å². The minimum atomic E-state index is -0.896. The molecule has 3 N–H and O–H groups in total. The van der Waals surface area contributed by atoms with E-state index in [1.165, 1.54) is 4.90 Å². The molecule has 0 fully saturated rings. The van der Waals surface area contributed by atoms with Crippen LogP contribution in [-0.4, -0.2) is 41.5 Å². The van der Waals surface area contributed by atoms with Crippen LogP contribution in [0.3, 0.4) is 0 Å². The summed E-state index contributed by atoms with van der Waals surface area (Å²) in [5, 5.41) is 8.54. The highest BCUT2D eigenvalue weighted by molar-refractivity contribution is 5.82. The van der Waals surface area contributed by atoms with E-state index in [1.54, 1.807) is 13.8 Å². The molecule has 88 valence electrons. The lowest BCUT2D eigenvalue weighted by atomic mass is 9.92. The smallest absolute Gasteiger partial charge is 0.305 e. The molecule has 0 saturated carbocycles. The number of carboxylic acids is 1. The van der Waals surface area contributed by atoms with Crippen molar-refractivity contribution in [2.45, 2.75) is 27.2 Å². The quantitative estimate of drug-likeness (QED) is 0.668. The van der Waals surface area contributed by atoms with E-state index in [2.05, 4.69) is 0 Å². The van der Waals surface area contributed by atoms with Gasteiger partial charge >= 0.3 is 5.97 Å². The van der Waals surface area contributed by atoms with Crippen molar-refractivity contribution in [3.05, 3.63) is 0 Å². The van der Waals surface area contributed by atoms with Gasteiger partial charge in [0.25, 0.3) is 0 Å². The molecule has 0 radical (unpaired) electrons. The van der Waals surface area contributed by atoms with Crippen LogP contribution in [-0.2, 0) is 9.59 Å². The minimum absolute atomic E-state index is 0.0275. The van der Waals surface area contributed by atoms with Gasteiger partial charge in [-0.2, -0.15) is 0 Å². The van der Waals surface area contributed by atoms with Gasteiger partial charge in [0.15, 0.2) is 0 Å². The minimum Gasteiger partial charge on any atom is -0.481 e. The SMILES string of the molecule is CCN(CCC(=O)O)C(=O)C(C)(C)CN. The number of carboxylic acid groups (broad SMARTS) is 1. The molecule has 0 aliphatic rings. The lowest BCUT2D eigenvalue weighted by Gasteiger charge is -2.29. The Morgan fingerprint density at radius 1 is 1.40 bits per heavy atom. The number of amides is 1. The van der Waals surface area contributed by atoms with E-state index in [0.717, 1.165) is 0 Å². The van der Waals surface area contributed by atoms with E-state index < -0.39 is 11.4 Å². The summed E-state index contributed by atoms with van der Waals surface area (Å²) >= 11 is 0. The Kier molecular flexibility index (Phi) is 5.28. The molecule has 0 aliphatic carbocycles. The van der Waals surface area contributed by atoms with Crippen LogP contribution in [0.2, 0.25) is 0 Å². The first-order valence-electron chi connectivity index (χ1n) is 5.06. The standard InChI is InChI=1S/C10H20N2O3/c1-4-12(6-5-8(13)14)9(15)10(2,3)7-11/h4-7,11H2,1-3H3,(H,13,14). The first-order valence-corrected chi connectivity index (χ1v) is 5.06. The number of hydrogen-bond donors (Lipinski definition) is 2. The van der Waals surface area contributed by atoms with Gasteiger partial charge in [0.05, 0.1) is 11.8 Å². The Balaban J connectivity index is 4.41. The molecule has 0 aliphatic heterocycles. The zero-order valence-corrected chi connectivity index (χ0v) is 9.62. The van der Waals surface area contributed by atoms with Crippen molar-refractivity contribution in [1.29, 1.82) is 0 Å². The van der Waals surface area contributed by atoms with Crippen LogP contribution >= 0.6 is 0 Å². The molecule has 5 heteroatoms.